The number of hydrogen-bond acceptors (Lipinski definition) is 5. The number of nitrogens with zero attached hydrogens (tertiary/aromatic N) is 4. The molecule has 1 aromatic carbocycles. The highest BCUT2D eigenvalue weighted by molar-refractivity contribution is 5.95. The molecular formula is C21H23N5O2. The van der Waals surface area contributed by atoms with E-state index in [1.54, 1.807) is 18.5 Å². The summed E-state index contributed by atoms with van der Waals surface area (Å²) in [6, 6.07) is 12.1. The van der Waals surface area contributed by atoms with Crippen LogP contribution < -0.4 is 9.80 Å². The number of H-pyrrole nitrogens is 1. The van der Waals surface area contributed by atoms with E-state index in [1.807, 2.05) is 13.0 Å². The summed E-state index contributed by atoms with van der Waals surface area (Å²) in [5, 5.41) is 16.8. The van der Waals surface area contributed by atoms with Crippen molar-refractivity contribution >= 4 is 23.0 Å². The third kappa shape index (κ3) is 3.43. The van der Waals surface area contributed by atoms with Crippen LogP contribution in [0.1, 0.15) is 28.9 Å². The lowest BCUT2D eigenvalue weighted by Gasteiger charge is -2.40. The molecule has 0 radical (unpaired) electrons. The van der Waals surface area contributed by atoms with Crippen LogP contribution in [0, 0.1) is 6.92 Å². The lowest BCUT2D eigenvalue weighted by molar-refractivity contribution is 0.0697. The Labute approximate surface area is 163 Å². The Hall–Kier alpha value is -3.35. The van der Waals surface area contributed by atoms with Crippen LogP contribution in [0.15, 0.2) is 55.0 Å². The summed E-state index contributed by atoms with van der Waals surface area (Å²) in [5.41, 5.74) is 3.89. The Bertz CT molecular complexity index is 948. The van der Waals surface area contributed by atoms with Crippen LogP contribution in [0.4, 0.5) is 17.1 Å². The molecule has 1 fully saturated rings. The van der Waals surface area contributed by atoms with E-state index in [2.05, 4.69) is 49.2 Å². The number of aryl methyl sites for hydroxylation is 1. The van der Waals surface area contributed by atoms with Crippen molar-refractivity contribution < 1.29 is 9.90 Å². The summed E-state index contributed by atoms with van der Waals surface area (Å²) in [7, 11) is 0. The summed E-state index contributed by atoms with van der Waals surface area (Å²) in [6.07, 6.45) is 6.74. The van der Waals surface area contributed by atoms with Crippen molar-refractivity contribution in [3.05, 3.63) is 66.2 Å². The van der Waals surface area contributed by atoms with Gasteiger partial charge in [-0.15, -0.1) is 0 Å². The molecule has 144 valence electrons. The second-order valence-corrected chi connectivity index (χ2v) is 7.00. The molecule has 0 saturated carbocycles. The van der Waals surface area contributed by atoms with Gasteiger partial charge in [-0.3, -0.25) is 10.1 Å². The normalized spacial score (nSPS) is 14.8. The largest absolute Gasteiger partial charge is 0.478 e. The van der Waals surface area contributed by atoms with Gasteiger partial charge in [-0.25, -0.2) is 4.79 Å². The number of pyridine rings is 1. The van der Waals surface area contributed by atoms with Crippen molar-refractivity contribution in [1.82, 2.24) is 15.2 Å². The highest BCUT2D eigenvalue weighted by Crippen LogP contribution is 2.35. The first-order chi connectivity index (χ1) is 13.6. The van der Waals surface area contributed by atoms with Gasteiger partial charge in [-0.2, -0.15) is 5.10 Å². The lowest BCUT2D eigenvalue weighted by atomic mass is 10.00. The van der Waals surface area contributed by atoms with Gasteiger partial charge in [-0.05, 0) is 38.0 Å². The van der Waals surface area contributed by atoms with Crippen LogP contribution in [0.25, 0.3) is 0 Å². The fourth-order valence-corrected chi connectivity index (χ4v) is 3.89. The molecule has 2 N–H and O–H groups in total. The number of carboxylic acids is 1. The molecule has 0 bridgehead atoms. The minimum atomic E-state index is -0.953. The molecule has 7 nitrogen and oxygen atoms in total. The SMILES string of the molecule is Cc1[nH]ncc1N(c1cnccc1C(=O)O)C1CCN(c2ccccc2)CC1. The molecule has 2 aromatic heterocycles. The molecule has 1 aliphatic heterocycles. The van der Waals surface area contributed by atoms with E-state index in [0.717, 1.165) is 37.3 Å². The summed E-state index contributed by atoms with van der Waals surface area (Å²) < 4.78 is 0. The fourth-order valence-electron chi connectivity index (χ4n) is 3.89. The third-order valence-corrected chi connectivity index (χ3v) is 5.30. The second kappa shape index (κ2) is 7.72. The molecule has 0 spiro atoms. The summed E-state index contributed by atoms with van der Waals surface area (Å²) in [6.45, 7) is 3.76. The van der Waals surface area contributed by atoms with Gasteiger partial charge in [0.1, 0.15) is 0 Å². The molecule has 28 heavy (non-hydrogen) atoms. The van der Waals surface area contributed by atoms with E-state index in [0.29, 0.717) is 5.69 Å². The van der Waals surface area contributed by atoms with Gasteiger partial charge >= 0.3 is 5.97 Å². The van der Waals surface area contributed by atoms with Gasteiger partial charge in [0.2, 0.25) is 0 Å². The number of nitrogens with one attached hydrogen (secondary N) is 1. The molecule has 3 aromatic rings. The maximum absolute atomic E-state index is 11.8. The van der Waals surface area contributed by atoms with Gasteiger partial charge < -0.3 is 14.9 Å². The minimum absolute atomic E-state index is 0.165. The first-order valence-corrected chi connectivity index (χ1v) is 9.41. The Morgan fingerprint density at radius 2 is 1.89 bits per heavy atom. The van der Waals surface area contributed by atoms with E-state index < -0.39 is 5.97 Å². The van der Waals surface area contributed by atoms with Crippen LogP contribution in [0.3, 0.4) is 0 Å². The van der Waals surface area contributed by atoms with Crippen LogP contribution in [-0.2, 0) is 0 Å². The zero-order valence-corrected chi connectivity index (χ0v) is 15.7. The van der Waals surface area contributed by atoms with Gasteiger partial charge in [0.25, 0.3) is 0 Å². The number of benzene rings is 1. The molecule has 0 atom stereocenters. The van der Waals surface area contributed by atoms with Gasteiger partial charge in [0.15, 0.2) is 0 Å². The Morgan fingerprint density at radius 1 is 1.14 bits per heavy atom. The predicted molar refractivity (Wildman–Crippen MR) is 108 cm³/mol. The number of piperidine rings is 1. The van der Waals surface area contributed by atoms with E-state index in [1.165, 1.54) is 11.9 Å². The highest BCUT2D eigenvalue weighted by atomic mass is 16.4. The second-order valence-electron chi connectivity index (χ2n) is 7.00. The molecular weight excluding hydrogens is 354 g/mol. The standard InChI is InChI=1S/C21H23N5O2/c1-15-19(14-23-24-15)26(20-13-22-10-7-18(20)21(27)28)17-8-11-25(12-9-17)16-5-3-2-4-6-16/h2-7,10,13-14,17H,8-9,11-12H2,1H3,(H,23,24)(H,27,28). The number of aromatic carboxylic acids is 1. The van der Waals surface area contributed by atoms with Crippen molar-refractivity contribution in [1.29, 1.82) is 0 Å². The molecule has 0 unspecified atom stereocenters. The summed E-state index contributed by atoms with van der Waals surface area (Å²) in [4.78, 5) is 20.5. The smallest absolute Gasteiger partial charge is 0.337 e. The van der Waals surface area contributed by atoms with Crippen molar-refractivity contribution in [3.63, 3.8) is 0 Å². The van der Waals surface area contributed by atoms with Crippen molar-refractivity contribution in [2.45, 2.75) is 25.8 Å². The predicted octanol–water partition coefficient (Wildman–Crippen LogP) is 3.62. The van der Waals surface area contributed by atoms with E-state index in [-0.39, 0.29) is 11.6 Å². The number of carboxylic acid groups (broad SMARTS) is 1. The average Bonchev–Trinajstić information content (AvgIpc) is 3.15. The lowest BCUT2D eigenvalue weighted by Crippen LogP contribution is -2.43. The highest BCUT2D eigenvalue weighted by Gasteiger charge is 2.30. The molecule has 0 aliphatic carbocycles. The van der Waals surface area contributed by atoms with Gasteiger partial charge in [0, 0.05) is 31.0 Å². The number of carbonyl (C=O) groups is 1. The number of aromatic nitrogens is 3. The summed E-state index contributed by atoms with van der Waals surface area (Å²) in [5.74, 6) is -0.953. The van der Waals surface area contributed by atoms with Crippen LogP contribution in [0.5, 0.6) is 0 Å². The number of rotatable bonds is 5. The van der Waals surface area contributed by atoms with Gasteiger partial charge in [0.05, 0.1) is 35.0 Å². The molecule has 3 heterocycles. The fraction of sp³-hybridized carbons (Fsp3) is 0.286. The average molecular weight is 377 g/mol. The van der Waals surface area contributed by atoms with Crippen molar-refractivity contribution in [2.24, 2.45) is 0 Å². The Kier molecular flexibility index (Phi) is 4.97. The van der Waals surface area contributed by atoms with Gasteiger partial charge in [-0.1, -0.05) is 18.2 Å². The quantitative estimate of drug-likeness (QED) is 0.706. The van der Waals surface area contributed by atoms with E-state index in [4.69, 9.17) is 0 Å². The maximum Gasteiger partial charge on any atom is 0.337 e. The number of para-hydroxylation sites is 1. The zero-order valence-electron chi connectivity index (χ0n) is 15.7. The molecule has 7 heteroatoms. The number of anilines is 3. The molecule has 1 aliphatic rings. The monoisotopic (exact) mass is 377 g/mol. The van der Waals surface area contributed by atoms with Crippen LogP contribution in [-0.4, -0.2) is 45.4 Å². The van der Waals surface area contributed by atoms with Crippen molar-refractivity contribution in [3.8, 4) is 0 Å². The van der Waals surface area contributed by atoms with E-state index in [9.17, 15) is 9.90 Å². The molecule has 1 saturated heterocycles. The third-order valence-electron chi connectivity index (χ3n) is 5.30. The first kappa shape index (κ1) is 18.0. The minimum Gasteiger partial charge on any atom is -0.478 e. The van der Waals surface area contributed by atoms with E-state index >= 15 is 0 Å². The topological polar surface area (TPSA) is 85.3 Å². The Balaban J connectivity index is 1.65. The van der Waals surface area contributed by atoms with Crippen LogP contribution in [0.2, 0.25) is 0 Å². The molecule has 0 amide bonds. The summed E-state index contributed by atoms with van der Waals surface area (Å²) >= 11 is 0. The number of hydrogen-bond donors (Lipinski definition) is 2. The van der Waals surface area contributed by atoms with Crippen molar-refractivity contribution in [2.75, 3.05) is 22.9 Å². The first-order valence-electron chi connectivity index (χ1n) is 9.41. The Morgan fingerprint density at radius 3 is 2.54 bits per heavy atom. The number of aromatic amines is 1. The van der Waals surface area contributed by atoms with Crippen LogP contribution >= 0.6 is 0 Å². The maximum atomic E-state index is 11.8. The molecule has 4 rings (SSSR count). The zero-order chi connectivity index (χ0) is 19.5.